The Morgan fingerprint density at radius 1 is 1.26 bits per heavy atom. The highest BCUT2D eigenvalue weighted by atomic mass is 32.2. The van der Waals surface area contributed by atoms with Gasteiger partial charge >= 0.3 is 0 Å². The van der Waals surface area contributed by atoms with Gasteiger partial charge in [0, 0.05) is 11.6 Å². The van der Waals surface area contributed by atoms with Crippen LogP contribution in [0.15, 0.2) is 52.5 Å². The van der Waals surface area contributed by atoms with Crippen molar-refractivity contribution >= 4 is 27.6 Å². The maximum Gasteiger partial charge on any atom is 0.295 e. The van der Waals surface area contributed by atoms with E-state index in [9.17, 15) is 22.9 Å². The van der Waals surface area contributed by atoms with E-state index in [0.717, 1.165) is 24.4 Å². The van der Waals surface area contributed by atoms with Gasteiger partial charge in [0.05, 0.1) is 16.0 Å². The van der Waals surface area contributed by atoms with Gasteiger partial charge in [-0.05, 0) is 18.2 Å². The molecule has 2 rings (SSSR count). The van der Waals surface area contributed by atoms with Crippen LogP contribution in [0.4, 0.5) is 15.8 Å². The summed E-state index contributed by atoms with van der Waals surface area (Å²) in [5.41, 5.74) is 1.97. The average Bonchev–Trinajstić information content (AvgIpc) is 2.48. The summed E-state index contributed by atoms with van der Waals surface area (Å²) in [7, 11) is -4.06. The van der Waals surface area contributed by atoms with E-state index in [0.29, 0.717) is 0 Å². The Labute approximate surface area is 130 Å². The number of hydrogen-bond acceptors (Lipinski definition) is 6. The van der Waals surface area contributed by atoms with E-state index >= 15 is 0 Å². The highest BCUT2D eigenvalue weighted by Gasteiger charge is 2.18. The fourth-order valence-corrected chi connectivity index (χ4v) is 2.22. The Kier molecular flexibility index (Phi) is 4.67. The summed E-state index contributed by atoms with van der Waals surface area (Å²) in [6.07, 6.45) is 1.15. The molecule has 0 unspecified atom stereocenters. The molecule has 0 amide bonds. The minimum Gasteiger partial charge on any atom is -0.272 e. The Bertz CT molecular complexity index is 883. The number of hydrazone groups is 1. The normalized spacial score (nSPS) is 11.6. The zero-order chi connectivity index (χ0) is 17.0. The molecule has 8 nitrogen and oxygen atoms in total. The first-order chi connectivity index (χ1) is 10.8. The van der Waals surface area contributed by atoms with E-state index < -0.39 is 31.3 Å². The van der Waals surface area contributed by atoms with Crippen molar-refractivity contribution in [2.75, 3.05) is 5.43 Å². The number of sulfonamides is 1. The lowest BCUT2D eigenvalue weighted by Gasteiger charge is -2.04. The summed E-state index contributed by atoms with van der Waals surface area (Å²) >= 11 is 0. The van der Waals surface area contributed by atoms with E-state index in [-0.39, 0.29) is 11.3 Å². The molecule has 2 aromatic carbocycles. The second kappa shape index (κ2) is 6.50. The minimum atomic E-state index is -4.06. The van der Waals surface area contributed by atoms with Gasteiger partial charge < -0.3 is 0 Å². The number of anilines is 1. The number of hydrogen-bond donors (Lipinski definition) is 2. The number of nitrogens with two attached hydrogens (primary N) is 1. The van der Waals surface area contributed by atoms with Gasteiger partial charge in [-0.15, -0.1) is 0 Å². The van der Waals surface area contributed by atoms with Crippen molar-refractivity contribution in [2.45, 2.75) is 4.90 Å². The van der Waals surface area contributed by atoms with Gasteiger partial charge in [-0.1, -0.05) is 18.2 Å². The van der Waals surface area contributed by atoms with Gasteiger partial charge in [-0.2, -0.15) is 5.10 Å². The summed E-state index contributed by atoms with van der Waals surface area (Å²) < 4.78 is 35.8. The van der Waals surface area contributed by atoms with Crippen LogP contribution in [0.1, 0.15) is 5.56 Å². The zero-order valence-corrected chi connectivity index (χ0v) is 12.3. The molecule has 0 saturated carbocycles. The molecule has 3 N–H and O–H groups in total. The Hall–Kier alpha value is -2.85. The minimum absolute atomic E-state index is 0.0602. The third kappa shape index (κ3) is 4.08. The highest BCUT2D eigenvalue weighted by molar-refractivity contribution is 7.89. The summed E-state index contributed by atoms with van der Waals surface area (Å²) in [4.78, 5) is 9.83. The molecule has 0 aromatic heterocycles. The van der Waals surface area contributed by atoms with Crippen LogP contribution in [0.3, 0.4) is 0 Å². The van der Waals surface area contributed by atoms with Crippen molar-refractivity contribution in [3.8, 4) is 0 Å². The van der Waals surface area contributed by atoms with Crippen LogP contribution in [0.25, 0.3) is 0 Å². The van der Waals surface area contributed by atoms with Crippen LogP contribution in [0.5, 0.6) is 0 Å². The lowest BCUT2D eigenvalue weighted by atomic mass is 10.2. The van der Waals surface area contributed by atoms with E-state index in [4.69, 9.17) is 5.14 Å². The topological polar surface area (TPSA) is 128 Å². The van der Waals surface area contributed by atoms with Crippen molar-refractivity contribution in [2.24, 2.45) is 10.2 Å². The molecule has 0 spiro atoms. The van der Waals surface area contributed by atoms with Gasteiger partial charge in [0.25, 0.3) is 5.69 Å². The number of nitro groups is 1. The molecule has 0 atom stereocenters. The van der Waals surface area contributed by atoms with Crippen molar-refractivity contribution in [1.29, 1.82) is 0 Å². The maximum atomic E-state index is 13.4. The molecule has 0 radical (unpaired) electrons. The van der Waals surface area contributed by atoms with Gasteiger partial charge in [0.15, 0.2) is 0 Å². The highest BCUT2D eigenvalue weighted by Crippen LogP contribution is 2.27. The fourth-order valence-electron chi connectivity index (χ4n) is 1.69. The maximum absolute atomic E-state index is 13.4. The van der Waals surface area contributed by atoms with Gasteiger partial charge in [0.1, 0.15) is 11.5 Å². The first-order valence-electron chi connectivity index (χ1n) is 6.14. The lowest BCUT2D eigenvalue weighted by molar-refractivity contribution is -0.384. The quantitative estimate of drug-likeness (QED) is 0.488. The second-order valence-corrected chi connectivity index (χ2v) is 5.93. The van der Waals surface area contributed by atoms with Gasteiger partial charge in [0.2, 0.25) is 10.0 Å². The molecular weight excluding hydrogens is 327 g/mol. The van der Waals surface area contributed by atoms with E-state index in [1.54, 1.807) is 6.07 Å². The average molecular weight is 338 g/mol. The van der Waals surface area contributed by atoms with Gasteiger partial charge in [-0.3, -0.25) is 15.5 Å². The summed E-state index contributed by atoms with van der Waals surface area (Å²) in [5, 5.41) is 19.6. The molecule has 2 aromatic rings. The molecule has 0 saturated heterocycles. The standard InChI is InChI=1S/C13H11FN4O4S/c14-11-4-2-1-3-9(11)8-16-17-12-6-5-10(23(15,21)22)7-13(12)18(19)20/h1-8,17H,(H2,15,21,22). The molecule has 0 aliphatic heterocycles. The van der Waals surface area contributed by atoms with E-state index in [1.165, 1.54) is 18.2 Å². The molecule has 0 fully saturated rings. The largest absolute Gasteiger partial charge is 0.295 e. The van der Waals surface area contributed by atoms with Crippen LogP contribution >= 0.6 is 0 Å². The van der Waals surface area contributed by atoms with Crippen molar-refractivity contribution in [3.63, 3.8) is 0 Å². The zero-order valence-electron chi connectivity index (χ0n) is 11.5. The number of nitrogens with one attached hydrogen (secondary N) is 1. The van der Waals surface area contributed by atoms with Crippen LogP contribution < -0.4 is 10.6 Å². The second-order valence-electron chi connectivity index (χ2n) is 4.37. The number of halogens is 1. The van der Waals surface area contributed by atoms with Crippen molar-refractivity contribution < 1.29 is 17.7 Å². The summed E-state index contributed by atoms with van der Waals surface area (Å²) in [6, 6.07) is 8.89. The predicted octanol–water partition coefficient (Wildman–Crippen LogP) is 1.83. The number of benzene rings is 2. The fraction of sp³-hybridized carbons (Fsp3) is 0. The number of nitrogens with zero attached hydrogens (tertiary/aromatic N) is 2. The van der Waals surface area contributed by atoms with Crippen LogP contribution in [0, 0.1) is 15.9 Å². The molecule has 0 heterocycles. The first kappa shape index (κ1) is 16.5. The van der Waals surface area contributed by atoms with Gasteiger partial charge in [-0.25, -0.2) is 17.9 Å². The van der Waals surface area contributed by atoms with E-state index in [2.05, 4.69) is 10.5 Å². The first-order valence-corrected chi connectivity index (χ1v) is 7.68. The van der Waals surface area contributed by atoms with E-state index in [1.807, 2.05) is 0 Å². The smallest absolute Gasteiger partial charge is 0.272 e. The van der Waals surface area contributed by atoms with Crippen molar-refractivity contribution in [3.05, 3.63) is 64.0 Å². The number of primary sulfonamides is 1. The number of rotatable bonds is 5. The molecule has 0 bridgehead atoms. The van der Waals surface area contributed by atoms with Crippen molar-refractivity contribution in [1.82, 2.24) is 0 Å². The molecule has 10 heteroatoms. The summed E-state index contributed by atoms with van der Waals surface area (Å²) in [5.74, 6) is -0.503. The molecule has 0 aliphatic rings. The molecule has 120 valence electrons. The molecular formula is C13H11FN4O4S. The molecule has 23 heavy (non-hydrogen) atoms. The SMILES string of the molecule is NS(=O)(=O)c1ccc(NN=Cc2ccccc2F)c([N+](=O)[O-])c1. The third-order valence-corrected chi connectivity index (χ3v) is 3.70. The van der Waals surface area contributed by atoms with Crippen LogP contribution in [-0.4, -0.2) is 19.6 Å². The Morgan fingerprint density at radius 2 is 1.96 bits per heavy atom. The number of nitro benzene ring substituents is 1. The lowest BCUT2D eigenvalue weighted by Crippen LogP contribution is -2.12. The Morgan fingerprint density at radius 3 is 2.57 bits per heavy atom. The third-order valence-electron chi connectivity index (χ3n) is 2.79. The monoisotopic (exact) mass is 338 g/mol. The molecule has 0 aliphatic carbocycles. The summed E-state index contributed by atoms with van der Waals surface area (Å²) in [6.45, 7) is 0. The van der Waals surface area contributed by atoms with Crippen LogP contribution in [-0.2, 0) is 10.0 Å². The van der Waals surface area contributed by atoms with Crippen LogP contribution in [0.2, 0.25) is 0 Å². The Balaban J connectivity index is 2.30. The predicted molar refractivity (Wildman–Crippen MR) is 82.1 cm³/mol.